The largest absolute Gasteiger partial charge is 0.378 e. The van der Waals surface area contributed by atoms with Gasteiger partial charge < -0.3 is 42.8 Å². The van der Waals surface area contributed by atoms with Gasteiger partial charge in [0, 0.05) is 51.3 Å². The molecule has 2 rings (SSSR count). The van der Waals surface area contributed by atoms with E-state index in [-0.39, 0.29) is 23.5 Å². The van der Waals surface area contributed by atoms with Crippen molar-refractivity contribution in [3.05, 3.63) is 12.2 Å². The van der Waals surface area contributed by atoms with Gasteiger partial charge in [0.05, 0.1) is 112 Å². The molecule has 0 spiro atoms. The number of hydrogen-bond donors (Lipinski definition) is 0. The summed E-state index contributed by atoms with van der Waals surface area (Å²) < 4.78 is 45.0. The zero-order valence-corrected chi connectivity index (χ0v) is 28.8. The molecule has 2 aliphatic heterocycles. The van der Waals surface area contributed by atoms with Crippen molar-refractivity contribution < 1.29 is 57.1 Å². The standard InChI is InChI=1S/C33H57N3O12/c1-30(37)29-34-9-13-41-17-21-45-25-27-47-23-19-43-15-11-35(12-16-44-20-24-48-28-26-46-22-18-42-14-10-34)31(38)5-3-2-4-8-36-32(39)6-7-33(36)40/h6-7H,2-5,8-29H2,1H3. The van der Waals surface area contributed by atoms with Crippen molar-refractivity contribution in [3.8, 4) is 0 Å². The lowest BCUT2D eigenvalue weighted by Crippen LogP contribution is -2.37. The van der Waals surface area contributed by atoms with Gasteiger partial charge in [-0.15, -0.1) is 0 Å². The number of imide groups is 1. The first-order valence-corrected chi connectivity index (χ1v) is 17.1. The third-order valence-corrected chi connectivity index (χ3v) is 7.32. The van der Waals surface area contributed by atoms with Crippen LogP contribution in [0.5, 0.6) is 0 Å². The van der Waals surface area contributed by atoms with Crippen LogP contribution >= 0.6 is 0 Å². The molecule has 15 heteroatoms. The first-order chi connectivity index (χ1) is 23.5. The normalized spacial score (nSPS) is 21.3. The first-order valence-electron chi connectivity index (χ1n) is 17.1. The van der Waals surface area contributed by atoms with Gasteiger partial charge in [0.15, 0.2) is 0 Å². The summed E-state index contributed by atoms with van der Waals surface area (Å²) in [5.41, 5.74) is 0. The Morgan fingerprint density at radius 1 is 0.542 bits per heavy atom. The number of hydrogen-bond acceptors (Lipinski definition) is 13. The average molecular weight is 688 g/mol. The summed E-state index contributed by atoms with van der Waals surface area (Å²) in [5.74, 6) is -0.467. The number of carbonyl (C=O) groups excluding carboxylic acids is 4. The van der Waals surface area contributed by atoms with E-state index in [0.29, 0.717) is 164 Å². The van der Waals surface area contributed by atoms with Gasteiger partial charge in [-0.25, -0.2) is 0 Å². The monoisotopic (exact) mass is 687 g/mol. The molecule has 0 aromatic rings. The Balaban J connectivity index is 1.69. The fraction of sp³-hybridized carbons (Fsp3) is 0.818. The van der Waals surface area contributed by atoms with E-state index in [9.17, 15) is 19.2 Å². The average Bonchev–Trinajstić information content (AvgIpc) is 3.38. The summed E-state index contributed by atoms with van der Waals surface area (Å²) in [7, 11) is 0. The van der Waals surface area contributed by atoms with Gasteiger partial charge >= 0.3 is 0 Å². The van der Waals surface area contributed by atoms with E-state index < -0.39 is 0 Å². The SMILES string of the molecule is CC(=O)CN1CCOCCOCCOCCOCCN(C(=O)CCCCCN2C(=O)C=CC2=O)CCOCCOCCOCCOCC1. The lowest BCUT2D eigenvalue weighted by Gasteiger charge is -2.23. The minimum atomic E-state index is -0.284. The number of nitrogens with zero attached hydrogens (tertiary/aromatic N) is 3. The third kappa shape index (κ3) is 21.6. The molecule has 0 aliphatic carbocycles. The molecule has 2 aliphatic rings. The van der Waals surface area contributed by atoms with Crippen LogP contribution in [-0.2, 0) is 57.1 Å². The maximum Gasteiger partial charge on any atom is 0.253 e. The number of ether oxygens (including phenoxy) is 8. The Kier molecular flexibility index (Phi) is 24.8. The maximum atomic E-state index is 13.0. The van der Waals surface area contributed by atoms with Crippen molar-refractivity contribution in [1.29, 1.82) is 0 Å². The number of rotatable bonds is 8. The Morgan fingerprint density at radius 2 is 0.917 bits per heavy atom. The van der Waals surface area contributed by atoms with Crippen LogP contribution in [0.1, 0.15) is 32.6 Å². The van der Waals surface area contributed by atoms with E-state index in [2.05, 4.69) is 0 Å². The molecule has 0 N–H and O–H groups in total. The molecular weight excluding hydrogens is 630 g/mol. The second-order valence-corrected chi connectivity index (χ2v) is 11.2. The Bertz CT molecular complexity index is 872. The van der Waals surface area contributed by atoms with Gasteiger partial charge in [0.25, 0.3) is 11.8 Å². The van der Waals surface area contributed by atoms with Crippen LogP contribution in [0, 0.1) is 0 Å². The maximum absolute atomic E-state index is 13.0. The van der Waals surface area contributed by atoms with Crippen LogP contribution in [0.2, 0.25) is 0 Å². The molecule has 0 unspecified atom stereocenters. The molecule has 0 radical (unpaired) electrons. The van der Waals surface area contributed by atoms with Crippen LogP contribution in [0.15, 0.2) is 12.2 Å². The highest BCUT2D eigenvalue weighted by Crippen LogP contribution is 2.09. The summed E-state index contributed by atoms with van der Waals surface area (Å²) in [4.78, 5) is 52.9. The molecule has 3 amide bonds. The van der Waals surface area contributed by atoms with E-state index in [0.717, 1.165) is 6.42 Å². The quantitative estimate of drug-likeness (QED) is 0.255. The lowest BCUT2D eigenvalue weighted by molar-refractivity contribution is -0.137. The molecule has 0 atom stereocenters. The molecule has 0 bridgehead atoms. The predicted octanol–water partition coefficient (Wildman–Crippen LogP) is 0.338. The summed E-state index contributed by atoms with van der Waals surface area (Å²) in [6, 6.07) is 0. The lowest BCUT2D eigenvalue weighted by atomic mass is 10.1. The molecule has 0 aromatic carbocycles. The third-order valence-electron chi connectivity index (χ3n) is 7.32. The topological polar surface area (TPSA) is 152 Å². The molecule has 48 heavy (non-hydrogen) atoms. The molecule has 1 fully saturated rings. The van der Waals surface area contributed by atoms with Crippen molar-refractivity contribution >= 4 is 23.5 Å². The van der Waals surface area contributed by atoms with Crippen LogP contribution in [-0.4, -0.2) is 183 Å². The van der Waals surface area contributed by atoms with Crippen LogP contribution in [0.25, 0.3) is 0 Å². The van der Waals surface area contributed by atoms with Gasteiger partial charge in [-0.3, -0.25) is 29.0 Å². The smallest absolute Gasteiger partial charge is 0.253 e. The molecule has 0 saturated carbocycles. The summed E-state index contributed by atoms with van der Waals surface area (Å²) >= 11 is 0. The van der Waals surface area contributed by atoms with E-state index in [1.807, 2.05) is 4.90 Å². The first kappa shape index (κ1) is 41.8. The fourth-order valence-electron chi connectivity index (χ4n) is 4.74. The zero-order valence-electron chi connectivity index (χ0n) is 28.8. The molecule has 2 heterocycles. The molecular formula is C33H57N3O12. The Labute approximate surface area is 285 Å². The number of ketones is 1. The number of Topliss-reactive ketones (excluding diaryl/α,β-unsaturated/α-hetero) is 1. The van der Waals surface area contributed by atoms with Gasteiger partial charge in [-0.1, -0.05) is 6.42 Å². The van der Waals surface area contributed by atoms with E-state index in [1.165, 1.54) is 17.1 Å². The van der Waals surface area contributed by atoms with Crippen LogP contribution in [0.3, 0.4) is 0 Å². The van der Waals surface area contributed by atoms with Crippen LogP contribution in [0.4, 0.5) is 0 Å². The number of unbranched alkanes of at least 4 members (excludes halogenated alkanes) is 2. The number of amides is 3. The van der Waals surface area contributed by atoms with Crippen molar-refractivity contribution in [2.45, 2.75) is 32.6 Å². The second kappa shape index (κ2) is 28.5. The predicted molar refractivity (Wildman–Crippen MR) is 175 cm³/mol. The van der Waals surface area contributed by atoms with E-state index >= 15 is 0 Å². The van der Waals surface area contributed by atoms with Crippen molar-refractivity contribution in [1.82, 2.24) is 14.7 Å². The van der Waals surface area contributed by atoms with Gasteiger partial charge in [-0.05, 0) is 19.8 Å². The van der Waals surface area contributed by atoms with Crippen molar-refractivity contribution in [2.75, 3.05) is 145 Å². The van der Waals surface area contributed by atoms with Gasteiger partial charge in [0.2, 0.25) is 5.91 Å². The summed E-state index contributed by atoms with van der Waals surface area (Å²) in [6.07, 6.45) is 4.96. The summed E-state index contributed by atoms with van der Waals surface area (Å²) in [5, 5.41) is 0. The highest BCUT2D eigenvalue weighted by Gasteiger charge is 2.22. The second-order valence-electron chi connectivity index (χ2n) is 11.2. The van der Waals surface area contributed by atoms with E-state index in [1.54, 1.807) is 11.8 Å². The van der Waals surface area contributed by atoms with Crippen molar-refractivity contribution in [2.24, 2.45) is 0 Å². The molecule has 276 valence electrons. The molecule has 0 aromatic heterocycles. The molecule has 15 nitrogen and oxygen atoms in total. The van der Waals surface area contributed by atoms with Gasteiger partial charge in [-0.2, -0.15) is 0 Å². The van der Waals surface area contributed by atoms with E-state index in [4.69, 9.17) is 37.9 Å². The Hall–Kier alpha value is -2.34. The Morgan fingerprint density at radius 3 is 1.31 bits per heavy atom. The van der Waals surface area contributed by atoms with Crippen LogP contribution < -0.4 is 0 Å². The summed E-state index contributed by atoms with van der Waals surface area (Å²) in [6.45, 7) is 11.3. The minimum Gasteiger partial charge on any atom is -0.378 e. The highest BCUT2D eigenvalue weighted by atomic mass is 16.6. The highest BCUT2D eigenvalue weighted by molar-refractivity contribution is 6.12. The number of carbonyl (C=O) groups is 4. The zero-order chi connectivity index (χ0) is 34.5. The fourth-order valence-corrected chi connectivity index (χ4v) is 4.74. The minimum absolute atomic E-state index is 0.00585. The molecule has 1 saturated heterocycles. The van der Waals surface area contributed by atoms with Gasteiger partial charge in [0.1, 0.15) is 5.78 Å². The van der Waals surface area contributed by atoms with Crippen molar-refractivity contribution in [3.63, 3.8) is 0 Å².